The molecule has 1 heterocycles. The molecule has 1 aromatic carbocycles. The summed E-state index contributed by atoms with van der Waals surface area (Å²) < 4.78 is 34.0. The van der Waals surface area contributed by atoms with Gasteiger partial charge in [-0.2, -0.15) is 18.4 Å². The van der Waals surface area contributed by atoms with Gasteiger partial charge in [-0.1, -0.05) is 0 Å². The molecule has 17 heavy (non-hydrogen) atoms. The predicted octanol–water partition coefficient (Wildman–Crippen LogP) is 0.720. The highest BCUT2D eigenvalue weighted by Gasteiger charge is 2.30. The van der Waals surface area contributed by atoms with Crippen molar-refractivity contribution in [2.24, 2.45) is 5.10 Å². The van der Waals surface area contributed by atoms with Gasteiger partial charge in [-0.25, -0.2) is 0 Å². The lowest BCUT2D eigenvalue weighted by molar-refractivity contribution is 0.346. The van der Waals surface area contributed by atoms with Crippen molar-refractivity contribution in [1.29, 1.82) is 0 Å². The van der Waals surface area contributed by atoms with Crippen molar-refractivity contribution in [3.05, 3.63) is 17.7 Å². The Balaban J connectivity index is 2.84. The number of ether oxygens (including phenoxy) is 2. The van der Waals surface area contributed by atoms with Crippen LogP contribution in [0.3, 0.4) is 0 Å². The summed E-state index contributed by atoms with van der Waals surface area (Å²) in [6.45, 7) is 1.71. The lowest BCUT2D eigenvalue weighted by Crippen LogP contribution is -2.27. The maximum absolute atomic E-state index is 11.9. The second kappa shape index (κ2) is 3.92. The Labute approximate surface area is 99.3 Å². The topological polar surface area (TPSA) is 77.0 Å². The normalized spacial score (nSPS) is 16.5. The Morgan fingerprint density at radius 3 is 2.53 bits per heavy atom. The van der Waals surface area contributed by atoms with Crippen LogP contribution in [0, 0.1) is 0 Å². The van der Waals surface area contributed by atoms with Crippen LogP contribution in [-0.4, -0.2) is 28.3 Å². The Morgan fingerprint density at radius 1 is 1.24 bits per heavy atom. The zero-order valence-corrected chi connectivity index (χ0v) is 10.5. The van der Waals surface area contributed by atoms with Crippen LogP contribution in [-0.2, 0) is 10.0 Å². The van der Waals surface area contributed by atoms with E-state index in [-0.39, 0.29) is 10.6 Å². The summed E-state index contributed by atoms with van der Waals surface area (Å²) in [5.74, 6) is 0.554. The summed E-state index contributed by atoms with van der Waals surface area (Å²) >= 11 is 0. The zero-order chi connectivity index (χ0) is 12.6. The molecule has 0 spiro atoms. The van der Waals surface area contributed by atoms with Gasteiger partial charge in [-0.3, -0.25) is 0 Å². The molecule has 0 radical (unpaired) electrons. The summed E-state index contributed by atoms with van der Waals surface area (Å²) in [6, 6.07) is 3.30. The average Bonchev–Trinajstić information content (AvgIpc) is 2.32. The van der Waals surface area contributed by atoms with Crippen molar-refractivity contribution in [1.82, 2.24) is 4.83 Å². The molecule has 0 unspecified atom stereocenters. The van der Waals surface area contributed by atoms with Gasteiger partial charge in [0.25, 0.3) is 10.0 Å². The highest BCUT2D eigenvalue weighted by molar-refractivity contribution is 7.89. The molecule has 0 saturated carbocycles. The van der Waals surface area contributed by atoms with E-state index in [2.05, 4.69) is 9.93 Å². The van der Waals surface area contributed by atoms with E-state index >= 15 is 0 Å². The molecule has 0 saturated heterocycles. The SMILES string of the molecule is COc1ccc2c(c1OC)S(=O)(=O)NN=C2C. The summed E-state index contributed by atoms with van der Waals surface area (Å²) in [6.07, 6.45) is 0. The molecule has 1 aromatic rings. The lowest BCUT2D eigenvalue weighted by atomic mass is 10.1. The summed E-state index contributed by atoms with van der Waals surface area (Å²) in [7, 11) is -0.843. The van der Waals surface area contributed by atoms with E-state index in [9.17, 15) is 8.42 Å². The van der Waals surface area contributed by atoms with Gasteiger partial charge in [0.15, 0.2) is 11.5 Å². The van der Waals surface area contributed by atoms with Crippen LogP contribution >= 0.6 is 0 Å². The van der Waals surface area contributed by atoms with Crippen molar-refractivity contribution in [3.8, 4) is 11.5 Å². The number of sulfonamides is 1. The highest BCUT2D eigenvalue weighted by atomic mass is 32.2. The molecule has 92 valence electrons. The fourth-order valence-electron chi connectivity index (χ4n) is 1.68. The minimum absolute atomic E-state index is 0.0619. The Hall–Kier alpha value is -1.76. The number of hydrogen-bond acceptors (Lipinski definition) is 5. The lowest BCUT2D eigenvalue weighted by Gasteiger charge is -2.19. The molecule has 0 bridgehead atoms. The van der Waals surface area contributed by atoms with Gasteiger partial charge in [0.2, 0.25) is 0 Å². The maximum atomic E-state index is 11.9. The van der Waals surface area contributed by atoms with E-state index in [0.717, 1.165) is 0 Å². The van der Waals surface area contributed by atoms with Crippen molar-refractivity contribution in [2.75, 3.05) is 14.2 Å². The van der Waals surface area contributed by atoms with Crippen LogP contribution in [0.4, 0.5) is 0 Å². The smallest absolute Gasteiger partial charge is 0.281 e. The van der Waals surface area contributed by atoms with Crippen LogP contribution < -0.4 is 14.3 Å². The van der Waals surface area contributed by atoms with E-state index in [1.165, 1.54) is 14.2 Å². The van der Waals surface area contributed by atoms with E-state index in [4.69, 9.17) is 9.47 Å². The second-order valence-electron chi connectivity index (χ2n) is 3.47. The van der Waals surface area contributed by atoms with E-state index in [1.54, 1.807) is 19.1 Å². The van der Waals surface area contributed by atoms with Gasteiger partial charge in [0, 0.05) is 5.56 Å². The van der Waals surface area contributed by atoms with E-state index in [0.29, 0.717) is 17.0 Å². The van der Waals surface area contributed by atoms with Gasteiger partial charge >= 0.3 is 0 Å². The summed E-state index contributed by atoms with van der Waals surface area (Å²) in [5, 5.41) is 3.74. The molecule has 0 aromatic heterocycles. The number of hydrazone groups is 1. The van der Waals surface area contributed by atoms with Crippen molar-refractivity contribution >= 4 is 15.7 Å². The molecule has 7 heteroatoms. The first kappa shape index (κ1) is 11.7. The number of benzene rings is 1. The van der Waals surface area contributed by atoms with E-state index in [1.807, 2.05) is 0 Å². The number of fused-ring (bicyclic) bond motifs is 1. The zero-order valence-electron chi connectivity index (χ0n) is 9.64. The quantitative estimate of drug-likeness (QED) is 0.845. The summed E-state index contributed by atoms with van der Waals surface area (Å²) in [4.78, 5) is 2.18. The first-order valence-corrected chi connectivity index (χ1v) is 6.31. The molecule has 0 amide bonds. The Morgan fingerprint density at radius 2 is 1.94 bits per heavy atom. The maximum Gasteiger partial charge on any atom is 0.281 e. The fourth-order valence-corrected chi connectivity index (χ4v) is 2.97. The van der Waals surface area contributed by atoms with Gasteiger partial charge < -0.3 is 9.47 Å². The number of methoxy groups -OCH3 is 2. The molecule has 1 aliphatic rings. The first-order valence-electron chi connectivity index (χ1n) is 4.82. The third-order valence-electron chi connectivity index (χ3n) is 2.49. The molecular weight excluding hydrogens is 244 g/mol. The molecule has 0 fully saturated rings. The molecule has 0 aliphatic carbocycles. The van der Waals surface area contributed by atoms with Gasteiger partial charge in [-0.15, -0.1) is 0 Å². The van der Waals surface area contributed by atoms with Crippen molar-refractivity contribution in [2.45, 2.75) is 11.8 Å². The molecular formula is C10H12N2O4S. The third-order valence-corrected chi connectivity index (χ3v) is 3.77. The van der Waals surface area contributed by atoms with Crippen molar-refractivity contribution in [3.63, 3.8) is 0 Å². The van der Waals surface area contributed by atoms with Crippen molar-refractivity contribution < 1.29 is 17.9 Å². The predicted molar refractivity (Wildman–Crippen MR) is 62.1 cm³/mol. The monoisotopic (exact) mass is 256 g/mol. The Bertz CT molecular complexity index is 593. The number of hydrogen-bond donors (Lipinski definition) is 1. The van der Waals surface area contributed by atoms with Crippen LogP contribution in [0.1, 0.15) is 12.5 Å². The molecule has 0 atom stereocenters. The van der Waals surface area contributed by atoms with Crippen LogP contribution in [0.15, 0.2) is 22.1 Å². The molecule has 6 nitrogen and oxygen atoms in total. The minimum atomic E-state index is -3.69. The largest absolute Gasteiger partial charge is 0.493 e. The number of rotatable bonds is 2. The molecule has 2 rings (SSSR count). The van der Waals surface area contributed by atoms with Crippen LogP contribution in [0.25, 0.3) is 0 Å². The third kappa shape index (κ3) is 1.72. The highest BCUT2D eigenvalue weighted by Crippen LogP contribution is 2.38. The minimum Gasteiger partial charge on any atom is -0.493 e. The van der Waals surface area contributed by atoms with Crippen LogP contribution in [0.2, 0.25) is 0 Å². The molecule has 1 N–H and O–H groups in total. The standard InChI is InChI=1S/C10H12N2O4S/c1-6-7-4-5-8(15-2)9(16-3)10(7)17(13,14)12-11-6/h4-5,12H,1-3H3. The number of nitrogens with zero attached hydrogens (tertiary/aromatic N) is 1. The summed E-state index contributed by atoms with van der Waals surface area (Å²) in [5.41, 5.74) is 1.09. The number of nitrogens with one attached hydrogen (secondary N) is 1. The van der Waals surface area contributed by atoms with Gasteiger partial charge in [-0.05, 0) is 19.1 Å². The van der Waals surface area contributed by atoms with Gasteiger partial charge in [0.05, 0.1) is 19.9 Å². The first-order chi connectivity index (χ1) is 8.01. The van der Waals surface area contributed by atoms with E-state index < -0.39 is 10.0 Å². The fraction of sp³-hybridized carbons (Fsp3) is 0.300. The second-order valence-corrected chi connectivity index (χ2v) is 5.07. The van der Waals surface area contributed by atoms with Crippen LogP contribution in [0.5, 0.6) is 11.5 Å². The molecule has 1 aliphatic heterocycles. The van der Waals surface area contributed by atoms with Gasteiger partial charge in [0.1, 0.15) is 4.90 Å². The average molecular weight is 256 g/mol. The Kier molecular flexibility index (Phi) is 2.70.